The number of hydrogen-bond acceptors (Lipinski definition) is 7. The number of nitrogens with two attached hydrogens (primary N) is 1. The Morgan fingerprint density at radius 1 is 1.55 bits per heavy atom. The number of nitrogens with zero attached hydrogens (tertiary/aromatic N) is 3. The molecular weight excluding hydrogens is 399 g/mol. The van der Waals surface area contributed by atoms with Crippen molar-refractivity contribution in [1.29, 1.82) is 0 Å². The maximum absolute atomic E-state index is 9.73. The predicted octanol–water partition coefficient (Wildman–Crippen LogP) is 1.18. The first-order valence-corrected chi connectivity index (χ1v) is 9.51. The van der Waals surface area contributed by atoms with Gasteiger partial charge in [-0.15, -0.1) is 0 Å². The van der Waals surface area contributed by atoms with Gasteiger partial charge in [0.25, 0.3) is 0 Å². The van der Waals surface area contributed by atoms with Gasteiger partial charge in [0.15, 0.2) is 5.82 Å². The first-order chi connectivity index (χ1) is 9.55. The standard InChI is InChI=1S/C11H16ClIN4O3/c1-13-17-9-6(15-11(12)16-10(9)14)2-5-3-7(19)8(4-18)20-5/h5,7-8,18-19H,2-4H2,1H3,(H2,14,15,16)/t5?,7-,8+/m0/s1. The van der Waals surface area contributed by atoms with Gasteiger partial charge in [-0.1, -0.05) is 0 Å². The number of aliphatic hydroxyl groups is 2. The molecule has 9 heteroatoms. The van der Waals surface area contributed by atoms with Gasteiger partial charge in [0.05, 0.1) is 24.5 Å². The zero-order chi connectivity index (χ0) is 14.7. The van der Waals surface area contributed by atoms with Gasteiger partial charge >= 0.3 is 0 Å². The third kappa shape index (κ3) is 3.61. The van der Waals surface area contributed by atoms with E-state index in [0.717, 1.165) is 0 Å². The molecule has 1 aliphatic rings. The Kier molecular flexibility index (Phi) is 5.61. The van der Waals surface area contributed by atoms with Crippen molar-refractivity contribution in [3.63, 3.8) is 0 Å². The van der Waals surface area contributed by atoms with Crippen molar-refractivity contribution in [1.82, 2.24) is 9.97 Å². The van der Waals surface area contributed by atoms with Gasteiger partial charge < -0.3 is 20.7 Å². The molecule has 20 heavy (non-hydrogen) atoms. The van der Waals surface area contributed by atoms with Crippen LogP contribution < -0.4 is 5.73 Å². The van der Waals surface area contributed by atoms with Crippen molar-refractivity contribution in [2.75, 3.05) is 17.3 Å². The number of ether oxygens (including phenoxy) is 1. The number of alkyl halides is 1. The fourth-order valence-corrected chi connectivity index (χ4v) is 3.34. The second-order valence-corrected chi connectivity index (χ2v) is 6.20. The Hall–Kier alpha value is -0.420. The van der Waals surface area contributed by atoms with E-state index in [2.05, 4.69) is 13.1 Å². The molecule has 4 N–H and O–H groups in total. The predicted molar refractivity (Wildman–Crippen MR) is 83.6 cm³/mol. The summed E-state index contributed by atoms with van der Waals surface area (Å²) in [6.45, 7) is -0.206. The van der Waals surface area contributed by atoms with Gasteiger partial charge in [0, 0.05) is 17.8 Å². The van der Waals surface area contributed by atoms with Crippen LogP contribution in [0.3, 0.4) is 0 Å². The molecule has 0 spiro atoms. The lowest BCUT2D eigenvalue weighted by Crippen LogP contribution is -2.24. The molecule has 3 atom stereocenters. The Morgan fingerprint density at radius 2 is 2.30 bits per heavy atom. The van der Waals surface area contributed by atoms with Crippen LogP contribution in [0, 0.1) is 0 Å². The Labute approximate surface area is 131 Å². The van der Waals surface area contributed by atoms with Gasteiger partial charge in [-0.2, -0.15) is 4.98 Å². The van der Waals surface area contributed by atoms with Crippen LogP contribution in [0.4, 0.5) is 11.5 Å². The summed E-state index contributed by atoms with van der Waals surface area (Å²) >= 11 is 5.46. The maximum Gasteiger partial charge on any atom is 0.224 e. The van der Waals surface area contributed by atoms with E-state index in [-0.39, 0.29) is 44.8 Å². The zero-order valence-corrected chi connectivity index (χ0v) is 13.7. The van der Waals surface area contributed by atoms with E-state index < -0.39 is 12.2 Å². The van der Waals surface area contributed by atoms with Crippen LogP contribution in [-0.2, 0) is 11.2 Å². The average Bonchev–Trinajstić information content (AvgIpc) is 2.73. The molecule has 0 aliphatic carbocycles. The highest BCUT2D eigenvalue weighted by Gasteiger charge is 2.34. The second kappa shape index (κ2) is 7.03. The highest BCUT2D eigenvalue weighted by atomic mass is 127. The topological polar surface area (TPSA) is 114 Å². The lowest BCUT2D eigenvalue weighted by atomic mass is 10.1. The lowest BCUT2D eigenvalue weighted by molar-refractivity contribution is -0.0216. The highest BCUT2D eigenvalue weighted by molar-refractivity contribution is 14.2. The summed E-state index contributed by atoms with van der Waals surface area (Å²) in [5.74, 6) is 0.263. The minimum Gasteiger partial charge on any atom is -0.394 e. The molecule has 1 aliphatic heterocycles. The molecule has 0 radical (unpaired) electrons. The number of nitrogen functional groups attached to an aromatic ring is 1. The third-order valence-corrected chi connectivity index (χ3v) is 4.16. The number of hydrogen-bond donors (Lipinski definition) is 3. The van der Waals surface area contributed by atoms with Crippen LogP contribution in [0.15, 0.2) is 3.15 Å². The zero-order valence-electron chi connectivity index (χ0n) is 10.8. The average molecular weight is 415 g/mol. The molecule has 0 bridgehead atoms. The fourth-order valence-electron chi connectivity index (χ4n) is 2.13. The molecule has 1 aromatic rings. The summed E-state index contributed by atoms with van der Waals surface area (Å²) in [6.07, 6.45) is -0.584. The Balaban J connectivity index is 2.21. The van der Waals surface area contributed by atoms with Crippen LogP contribution in [0.1, 0.15) is 12.1 Å². The van der Waals surface area contributed by atoms with Gasteiger partial charge in [0.2, 0.25) is 5.28 Å². The molecule has 1 saturated heterocycles. The summed E-state index contributed by atoms with van der Waals surface area (Å²) in [7, 11) is 0. The van der Waals surface area contributed by atoms with Crippen molar-refractivity contribution < 1.29 is 14.9 Å². The molecule has 1 aromatic heterocycles. The number of aliphatic hydroxyl groups excluding tert-OH is 2. The van der Waals surface area contributed by atoms with Crippen LogP contribution in [0.25, 0.3) is 0 Å². The smallest absolute Gasteiger partial charge is 0.224 e. The van der Waals surface area contributed by atoms with Gasteiger partial charge in [-0.3, -0.25) is 0 Å². The molecule has 0 amide bonds. The summed E-state index contributed by atoms with van der Waals surface area (Å²) in [6, 6.07) is 0. The number of rotatable bonds is 4. The van der Waals surface area contributed by atoms with Crippen LogP contribution in [0.5, 0.6) is 0 Å². The Bertz CT molecular complexity index is 517. The molecule has 0 aromatic carbocycles. The largest absolute Gasteiger partial charge is 0.394 e. The second-order valence-electron chi connectivity index (χ2n) is 4.41. The molecule has 0 saturated carbocycles. The summed E-state index contributed by atoms with van der Waals surface area (Å²) < 4.78 is 9.94. The van der Waals surface area contributed by atoms with Crippen molar-refractivity contribution >= 4 is 44.1 Å². The van der Waals surface area contributed by atoms with E-state index in [1.807, 2.05) is 4.93 Å². The van der Waals surface area contributed by atoms with E-state index in [0.29, 0.717) is 24.2 Å². The van der Waals surface area contributed by atoms with E-state index in [9.17, 15) is 5.11 Å². The Morgan fingerprint density at radius 3 is 2.90 bits per heavy atom. The number of aromatic nitrogens is 2. The van der Waals surface area contributed by atoms with Crippen molar-refractivity contribution in [2.45, 2.75) is 31.2 Å². The first-order valence-electron chi connectivity index (χ1n) is 6.01. The minimum atomic E-state index is -0.668. The first kappa shape index (κ1) is 16.0. The molecule has 7 nitrogen and oxygen atoms in total. The molecule has 2 rings (SSSR count). The quantitative estimate of drug-likeness (QED) is 0.387. The molecule has 1 unspecified atom stereocenters. The van der Waals surface area contributed by atoms with Crippen LogP contribution >= 0.6 is 32.6 Å². The monoisotopic (exact) mass is 414 g/mol. The van der Waals surface area contributed by atoms with E-state index in [1.165, 1.54) is 0 Å². The fraction of sp³-hybridized carbons (Fsp3) is 0.636. The maximum atomic E-state index is 9.73. The van der Waals surface area contributed by atoms with Gasteiger partial charge in [-0.25, -0.2) is 8.13 Å². The SMILES string of the molecule is CI=Nc1c(N)nc(Cl)nc1CC1C[C@H](O)[C@@H](CO)O1. The van der Waals surface area contributed by atoms with Crippen molar-refractivity contribution in [3.05, 3.63) is 11.0 Å². The summed E-state index contributed by atoms with van der Waals surface area (Å²) in [5, 5.41) is 18.9. The molecule has 2 heterocycles. The highest BCUT2D eigenvalue weighted by Crippen LogP contribution is 2.31. The van der Waals surface area contributed by atoms with E-state index in [4.69, 9.17) is 27.2 Å². The van der Waals surface area contributed by atoms with Crippen molar-refractivity contribution in [3.8, 4) is 0 Å². The minimum absolute atomic E-state index is 0.0722. The van der Waals surface area contributed by atoms with Gasteiger partial charge in [-0.05, 0) is 32.6 Å². The summed E-state index contributed by atoms with van der Waals surface area (Å²) in [4.78, 5) is 10.1. The molecule has 1 fully saturated rings. The van der Waals surface area contributed by atoms with E-state index >= 15 is 0 Å². The van der Waals surface area contributed by atoms with Crippen LogP contribution in [-0.4, -0.2) is 50.0 Å². The molecule has 112 valence electrons. The van der Waals surface area contributed by atoms with Crippen molar-refractivity contribution in [2.24, 2.45) is 3.15 Å². The summed E-state index contributed by atoms with van der Waals surface area (Å²) in [5.41, 5.74) is 7.01. The molecular formula is C11H16ClIN4O3. The third-order valence-electron chi connectivity index (χ3n) is 3.03. The lowest BCUT2D eigenvalue weighted by Gasteiger charge is -2.13. The normalized spacial score (nSPS) is 26.9. The van der Waals surface area contributed by atoms with Gasteiger partial charge in [0.1, 0.15) is 11.8 Å². The number of anilines is 1. The van der Waals surface area contributed by atoms with E-state index in [1.54, 1.807) is 0 Å². The van der Waals surface area contributed by atoms with Crippen LogP contribution in [0.2, 0.25) is 5.28 Å². The number of halogens is 2.